The average Bonchev–Trinajstić information content (AvgIpc) is 2.39. The largest absolute Gasteiger partial charge is 0.356 e. The SMILES string of the molecule is CCCNC(=O)CCNC(=O)C1CCC(N)C(C)C1. The van der Waals surface area contributed by atoms with Gasteiger partial charge in [0.25, 0.3) is 0 Å². The van der Waals surface area contributed by atoms with Crippen LogP contribution in [-0.2, 0) is 9.59 Å². The summed E-state index contributed by atoms with van der Waals surface area (Å²) in [6.45, 7) is 5.23. The van der Waals surface area contributed by atoms with Crippen molar-refractivity contribution in [2.75, 3.05) is 13.1 Å². The summed E-state index contributed by atoms with van der Waals surface area (Å²) in [6, 6.07) is 0.226. The second kappa shape index (κ2) is 8.15. The molecule has 3 atom stereocenters. The van der Waals surface area contributed by atoms with E-state index in [1.807, 2.05) is 6.92 Å². The van der Waals surface area contributed by atoms with E-state index in [0.717, 1.165) is 25.7 Å². The average molecular weight is 269 g/mol. The van der Waals surface area contributed by atoms with Gasteiger partial charge in [0.05, 0.1) is 0 Å². The maximum atomic E-state index is 12.0. The van der Waals surface area contributed by atoms with Gasteiger partial charge in [-0.05, 0) is 31.6 Å². The van der Waals surface area contributed by atoms with Gasteiger partial charge in [-0.25, -0.2) is 0 Å². The van der Waals surface area contributed by atoms with Gasteiger partial charge in [0, 0.05) is 31.5 Å². The number of amides is 2. The molecule has 1 fully saturated rings. The fourth-order valence-electron chi connectivity index (χ4n) is 2.45. The molecule has 2 amide bonds. The number of carbonyl (C=O) groups excluding carboxylic acids is 2. The van der Waals surface area contributed by atoms with Gasteiger partial charge in [0.1, 0.15) is 0 Å². The van der Waals surface area contributed by atoms with Crippen LogP contribution in [0.25, 0.3) is 0 Å². The number of rotatable bonds is 6. The Balaban J connectivity index is 2.19. The second-order valence-electron chi connectivity index (χ2n) is 5.54. The molecule has 1 saturated carbocycles. The van der Waals surface area contributed by atoms with Crippen molar-refractivity contribution in [3.05, 3.63) is 0 Å². The molecule has 1 aliphatic rings. The first-order valence-electron chi connectivity index (χ1n) is 7.34. The van der Waals surface area contributed by atoms with Crippen molar-refractivity contribution in [3.8, 4) is 0 Å². The number of hydrogen-bond acceptors (Lipinski definition) is 3. The molecule has 0 spiro atoms. The molecule has 1 aliphatic carbocycles. The second-order valence-corrected chi connectivity index (χ2v) is 5.54. The van der Waals surface area contributed by atoms with E-state index in [4.69, 9.17) is 5.73 Å². The number of nitrogens with one attached hydrogen (secondary N) is 2. The highest BCUT2D eigenvalue weighted by Gasteiger charge is 2.29. The van der Waals surface area contributed by atoms with Gasteiger partial charge in [-0.15, -0.1) is 0 Å². The summed E-state index contributed by atoms with van der Waals surface area (Å²) >= 11 is 0. The van der Waals surface area contributed by atoms with Gasteiger partial charge >= 0.3 is 0 Å². The summed E-state index contributed by atoms with van der Waals surface area (Å²) in [5, 5.41) is 5.65. The molecule has 0 saturated heterocycles. The topological polar surface area (TPSA) is 84.2 Å². The number of hydrogen-bond donors (Lipinski definition) is 3. The first kappa shape index (κ1) is 16.0. The van der Waals surface area contributed by atoms with E-state index in [0.29, 0.717) is 25.4 Å². The summed E-state index contributed by atoms with van der Waals surface area (Å²) in [7, 11) is 0. The lowest BCUT2D eigenvalue weighted by Crippen LogP contribution is -2.41. The van der Waals surface area contributed by atoms with Crippen molar-refractivity contribution in [1.29, 1.82) is 0 Å². The van der Waals surface area contributed by atoms with Gasteiger partial charge < -0.3 is 16.4 Å². The molecule has 0 aromatic rings. The summed E-state index contributed by atoms with van der Waals surface area (Å²) in [6.07, 6.45) is 3.91. The zero-order valence-electron chi connectivity index (χ0n) is 12.1. The van der Waals surface area contributed by atoms with Crippen molar-refractivity contribution in [2.24, 2.45) is 17.6 Å². The fourth-order valence-corrected chi connectivity index (χ4v) is 2.45. The quantitative estimate of drug-likeness (QED) is 0.666. The molecule has 1 rings (SSSR count). The molecular formula is C14H27N3O2. The van der Waals surface area contributed by atoms with E-state index in [1.165, 1.54) is 0 Å². The van der Waals surface area contributed by atoms with E-state index < -0.39 is 0 Å². The minimum atomic E-state index is 0.00110. The van der Waals surface area contributed by atoms with Gasteiger partial charge in [0.15, 0.2) is 0 Å². The Kier molecular flexibility index (Phi) is 6.84. The third-order valence-electron chi connectivity index (χ3n) is 3.83. The molecule has 0 aliphatic heterocycles. The zero-order valence-corrected chi connectivity index (χ0v) is 12.1. The normalized spacial score (nSPS) is 26.8. The van der Waals surface area contributed by atoms with Crippen LogP contribution in [-0.4, -0.2) is 30.9 Å². The van der Waals surface area contributed by atoms with Gasteiger partial charge in [0.2, 0.25) is 11.8 Å². The highest BCUT2D eigenvalue weighted by atomic mass is 16.2. The Morgan fingerprint density at radius 1 is 1.21 bits per heavy atom. The highest BCUT2D eigenvalue weighted by Crippen LogP contribution is 2.27. The standard InChI is InChI=1S/C14H27N3O2/c1-3-7-16-13(18)6-8-17-14(19)11-4-5-12(15)10(2)9-11/h10-12H,3-9,15H2,1-2H3,(H,16,18)(H,17,19). The van der Waals surface area contributed by atoms with Gasteiger partial charge in [-0.3, -0.25) is 9.59 Å². The van der Waals surface area contributed by atoms with Crippen LogP contribution in [0.3, 0.4) is 0 Å². The third-order valence-corrected chi connectivity index (χ3v) is 3.83. The van der Waals surface area contributed by atoms with Crippen molar-refractivity contribution in [2.45, 2.75) is 52.0 Å². The highest BCUT2D eigenvalue weighted by molar-refractivity contribution is 5.80. The van der Waals surface area contributed by atoms with E-state index in [1.54, 1.807) is 0 Å². The zero-order chi connectivity index (χ0) is 14.3. The van der Waals surface area contributed by atoms with Gasteiger partial charge in [-0.2, -0.15) is 0 Å². The third kappa shape index (κ3) is 5.59. The van der Waals surface area contributed by atoms with Crippen LogP contribution < -0.4 is 16.4 Å². The van der Waals surface area contributed by atoms with Crippen LogP contribution in [0.15, 0.2) is 0 Å². The van der Waals surface area contributed by atoms with Crippen LogP contribution in [0.2, 0.25) is 0 Å². The fraction of sp³-hybridized carbons (Fsp3) is 0.857. The summed E-state index contributed by atoms with van der Waals surface area (Å²) in [5.41, 5.74) is 5.94. The Morgan fingerprint density at radius 2 is 1.95 bits per heavy atom. The Morgan fingerprint density at radius 3 is 2.58 bits per heavy atom. The molecule has 0 heterocycles. The van der Waals surface area contributed by atoms with Crippen LogP contribution in [0.5, 0.6) is 0 Å². The van der Waals surface area contributed by atoms with Crippen molar-refractivity contribution < 1.29 is 9.59 Å². The molecular weight excluding hydrogens is 242 g/mol. The smallest absolute Gasteiger partial charge is 0.223 e. The first-order chi connectivity index (χ1) is 9.04. The maximum Gasteiger partial charge on any atom is 0.223 e. The van der Waals surface area contributed by atoms with E-state index in [9.17, 15) is 9.59 Å². The Hall–Kier alpha value is -1.10. The molecule has 0 bridgehead atoms. The van der Waals surface area contributed by atoms with Crippen molar-refractivity contribution in [3.63, 3.8) is 0 Å². The van der Waals surface area contributed by atoms with E-state index in [2.05, 4.69) is 17.6 Å². The molecule has 3 unspecified atom stereocenters. The van der Waals surface area contributed by atoms with Crippen molar-refractivity contribution in [1.82, 2.24) is 10.6 Å². The lowest BCUT2D eigenvalue weighted by molar-refractivity contribution is -0.126. The minimum Gasteiger partial charge on any atom is -0.356 e. The van der Waals surface area contributed by atoms with E-state index >= 15 is 0 Å². The van der Waals surface area contributed by atoms with Crippen LogP contribution in [0.1, 0.15) is 46.0 Å². The number of carbonyl (C=O) groups is 2. The van der Waals surface area contributed by atoms with E-state index in [-0.39, 0.29) is 23.8 Å². The summed E-state index contributed by atoms with van der Waals surface area (Å²) < 4.78 is 0. The predicted octanol–water partition coefficient (Wildman–Crippen LogP) is 0.782. The Bertz CT molecular complexity index is 307. The molecule has 5 heteroatoms. The molecule has 5 nitrogen and oxygen atoms in total. The molecule has 0 radical (unpaired) electrons. The van der Waals surface area contributed by atoms with Gasteiger partial charge in [-0.1, -0.05) is 13.8 Å². The van der Waals surface area contributed by atoms with Crippen LogP contribution in [0, 0.1) is 11.8 Å². The first-order valence-corrected chi connectivity index (χ1v) is 7.34. The molecule has 0 aromatic carbocycles. The molecule has 4 N–H and O–H groups in total. The monoisotopic (exact) mass is 269 g/mol. The molecule has 0 aromatic heterocycles. The maximum absolute atomic E-state index is 12.0. The molecule has 19 heavy (non-hydrogen) atoms. The number of nitrogens with two attached hydrogens (primary N) is 1. The minimum absolute atomic E-state index is 0.00110. The van der Waals surface area contributed by atoms with Crippen LogP contribution in [0.4, 0.5) is 0 Å². The van der Waals surface area contributed by atoms with Crippen LogP contribution >= 0.6 is 0 Å². The lowest BCUT2D eigenvalue weighted by Gasteiger charge is -2.31. The Labute approximate surface area is 115 Å². The summed E-state index contributed by atoms with van der Waals surface area (Å²) in [5.74, 6) is 0.536. The summed E-state index contributed by atoms with van der Waals surface area (Å²) in [4.78, 5) is 23.3. The lowest BCUT2D eigenvalue weighted by atomic mass is 9.79. The predicted molar refractivity (Wildman–Crippen MR) is 75.4 cm³/mol. The molecule has 110 valence electrons. The van der Waals surface area contributed by atoms with Crippen molar-refractivity contribution >= 4 is 11.8 Å².